The van der Waals surface area contributed by atoms with Gasteiger partial charge in [-0.3, -0.25) is 4.90 Å². The first-order valence-corrected chi connectivity index (χ1v) is 6.45. The summed E-state index contributed by atoms with van der Waals surface area (Å²) in [6.45, 7) is 11.3. The molecule has 16 heavy (non-hydrogen) atoms. The van der Waals surface area contributed by atoms with Gasteiger partial charge in [-0.15, -0.1) is 0 Å². The minimum atomic E-state index is -0.176. The van der Waals surface area contributed by atoms with Crippen LogP contribution in [0.15, 0.2) is 0 Å². The van der Waals surface area contributed by atoms with Crippen LogP contribution in [0.25, 0.3) is 0 Å². The number of aliphatic hydroxyl groups excluding tert-OH is 1. The third-order valence-corrected chi connectivity index (χ3v) is 4.22. The van der Waals surface area contributed by atoms with Crippen LogP contribution < -0.4 is 5.32 Å². The van der Waals surface area contributed by atoms with Crippen LogP contribution in [0.3, 0.4) is 0 Å². The first-order chi connectivity index (χ1) is 7.41. The molecule has 1 aliphatic rings. The Morgan fingerprint density at radius 2 is 2.00 bits per heavy atom. The zero-order valence-electron chi connectivity index (χ0n) is 11.5. The van der Waals surface area contributed by atoms with E-state index in [2.05, 4.69) is 37.9 Å². The minimum absolute atomic E-state index is 0.176. The third kappa shape index (κ3) is 3.19. The van der Waals surface area contributed by atoms with Crippen LogP contribution in [0.2, 0.25) is 0 Å². The lowest BCUT2D eigenvalue weighted by Gasteiger charge is -2.45. The Kier molecular flexibility index (Phi) is 4.77. The van der Waals surface area contributed by atoms with Crippen molar-refractivity contribution in [1.29, 1.82) is 0 Å². The van der Waals surface area contributed by atoms with Crippen molar-refractivity contribution in [3.05, 3.63) is 0 Å². The molecule has 4 unspecified atom stereocenters. The van der Waals surface area contributed by atoms with Crippen molar-refractivity contribution >= 4 is 0 Å². The SMILES string of the molecule is CNC(C)(CO)CN1CC(C)CC(C)C1C. The van der Waals surface area contributed by atoms with Gasteiger partial charge in [-0.05, 0) is 39.2 Å². The molecule has 0 amide bonds. The van der Waals surface area contributed by atoms with Crippen molar-refractivity contribution in [2.45, 2.75) is 45.7 Å². The van der Waals surface area contributed by atoms with E-state index in [0.717, 1.165) is 24.9 Å². The van der Waals surface area contributed by atoms with E-state index in [9.17, 15) is 5.11 Å². The summed E-state index contributed by atoms with van der Waals surface area (Å²) >= 11 is 0. The fourth-order valence-corrected chi connectivity index (χ4v) is 2.70. The normalized spacial score (nSPS) is 36.0. The Bertz CT molecular complexity index is 216. The minimum Gasteiger partial charge on any atom is -0.394 e. The van der Waals surface area contributed by atoms with Crippen molar-refractivity contribution in [3.63, 3.8) is 0 Å². The molecular formula is C13H28N2O. The van der Waals surface area contributed by atoms with E-state index < -0.39 is 0 Å². The highest BCUT2D eigenvalue weighted by Gasteiger charge is 2.33. The van der Waals surface area contributed by atoms with Gasteiger partial charge >= 0.3 is 0 Å². The van der Waals surface area contributed by atoms with Gasteiger partial charge in [0.15, 0.2) is 0 Å². The molecule has 0 aliphatic carbocycles. The highest BCUT2D eigenvalue weighted by molar-refractivity contribution is 4.90. The third-order valence-electron chi connectivity index (χ3n) is 4.22. The summed E-state index contributed by atoms with van der Waals surface area (Å²) in [6.07, 6.45) is 1.33. The van der Waals surface area contributed by atoms with Crippen LogP contribution in [-0.2, 0) is 0 Å². The molecule has 0 bridgehead atoms. The largest absolute Gasteiger partial charge is 0.394 e. The molecule has 1 aliphatic heterocycles. The first kappa shape index (κ1) is 13.9. The lowest BCUT2D eigenvalue weighted by atomic mass is 9.85. The lowest BCUT2D eigenvalue weighted by molar-refractivity contribution is 0.0391. The van der Waals surface area contributed by atoms with Crippen molar-refractivity contribution in [3.8, 4) is 0 Å². The maximum Gasteiger partial charge on any atom is 0.0623 e. The van der Waals surface area contributed by atoms with Crippen LogP contribution in [0.4, 0.5) is 0 Å². The van der Waals surface area contributed by atoms with Gasteiger partial charge in [0.05, 0.1) is 12.1 Å². The van der Waals surface area contributed by atoms with E-state index >= 15 is 0 Å². The van der Waals surface area contributed by atoms with Gasteiger partial charge in [-0.2, -0.15) is 0 Å². The highest BCUT2D eigenvalue weighted by atomic mass is 16.3. The Morgan fingerprint density at radius 3 is 2.50 bits per heavy atom. The molecule has 0 aromatic heterocycles. The molecule has 4 atom stereocenters. The molecule has 1 saturated heterocycles. The van der Waals surface area contributed by atoms with Gasteiger partial charge in [0.25, 0.3) is 0 Å². The Hall–Kier alpha value is -0.120. The van der Waals surface area contributed by atoms with E-state index in [-0.39, 0.29) is 12.1 Å². The van der Waals surface area contributed by atoms with Crippen molar-refractivity contribution in [1.82, 2.24) is 10.2 Å². The molecule has 0 radical (unpaired) electrons. The fourth-order valence-electron chi connectivity index (χ4n) is 2.70. The average molecular weight is 228 g/mol. The number of likely N-dealkylation sites (N-methyl/N-ethyl adjacent to an activating group) is 1. The molecule has 3 nitrogen and oxygen atoms in total. The topological polar surface area (TPSA) is 35.5 Å². The molecular weight excluding hydrogens is 200 g/mol. The van der Waals surface area contributed by atoms with Crippen LogP contribution in [-0.4, -0.2) is 48.3 Å². The molecule has 1 heterocycles. The van der Waals surface area contributed by atoms with Crippen LogP contribution in [0.5, 0.6) is 0 Å². The number of nitrogens with one attached hydrogen (secondary N) is 1. The van der Waals surface area contributed by atoms with E-state index in [1.165, 1.54) is 6.42 Å². The number of aliphatic hydroxyl groups is 1. The monoisotopic (exact) mass is 228 g/mol. The molecule has 1 fully saturated rings. The molecule has 2 N–H and O–H groups in total. The fraction of sp³-hybridized carbons (Fsp3) is 1.00. The zero-order valence-corrected chi connectivity index (χ0v) is 11.5. The summed E-state index contributed by atoms with van der Waals surface area (Å²) < 4.78 is 0. The van der Waals surface area contributed by atoms with Gasteiger partial charge in [-0.1, -0.05) is 13.8 Å². The number of likely N-dealkylation sites (tertiary alicyclic amines) is 1. The number of rotatable bonds is 4. The quantitative estimate of drug-likeness (QED) is 0.762. The second kappa shape index (κ2) is 5.48. The number of piperidine rings is 1. The molecule has 0 aromatic carbocycles. The zero-order chi connectivity index (χ0) is 12.3. The maximum absolute atomic E-state index is 9.44. The van der Waals surface area contributed by atoms with Crippen LogP contribution >= 0.6 is 0 Å². The van der Waals surface area contributed by atoms with Crippen LogP contribution in [0, 0.1) is 11.8 Å². The Labute approximate surface area is 100 Å². The molecule has 96 valence electrons. The Balaban J connectivity index is 2.64. The maximum atomic E-state index is 9.44. The van der Waals surface area contributed by atoms with Gasteiger partial charge in [0.1, 0.15) is 0 Å². The number of hydrogen-bond donors (Lipinski definition) is 2. The predicted octanol–water partition coefficient (Wildman–Crippen LogP) is 1.32. The molecule has 0 spiro atoms. The van der Waals surface area contributed by atoms with Crippen molar-refractivity contribution < 1.29 is 5.11 Å². The van der Waals surface area contributed by atoms with Gasteiger partial charge in [-0.25, -0.2) is 0 Å². The van der Waals surface area contributed by atoms with Crippen molar-refractivity contribution in [2.75, 3.05) is 26.7 Å². The second-order valence-electron chi connectivity index (χ2n) is 5.96. The molecule has 1 rings (SSSR count). The van der Waals surface area contributed by atoms with Crippen molar-refractivity contribution in [2.24, 2.45) is 11.8 Å². The lowest BCUT2D eigenvalue weighted by Crippen LogP contribution is -2.57. The number of nitrogens with zero attached hydrogens (tertiary/aromatic N) is 1. The molecule has 0 aromatic rings. The van der Waals surface area contributed by atoms with Gasteiger partial charge < -0.3 is 10.4 Å². The second-order valence-corrected chi connectivity index (χ2v) is 5.96. The summed E-state index contributed by atoms with van der Waals surface area (Å²) in [5, 5.41) is 12.7. The van der Waals surface area contributed by atoms with E-state index in [1.54, 1.807) is 0 Å². The summed E-state index contributed by atoms with van der Waals surface area (Å²) in [5.74, 6) is 1.52. The van der Waals surface area contributed by atoms with E-state index in [0.29, 0.717) is 6.04 Å². The summed E-state index contributed by atoms with van der Waals surface area (Å²) in [5.41, 5.74) is -0.176. The smallest absolute Gasteiger partial charge is 0.0623 e. The Morgan fingerprint density at radius 1 is 1.38 bits per heavy atom. The highest BCUT2D eigenvalue weighted by Crippen LogP contribution is 2.27. The van der Waals surface area contributed by atoms with E-state index in [1.807, 2.05) is 7.05 Å². The number of hydrogen-bond acceptors (Lipinski definition) is 3. The van der Waals surface area contributed by atoms with E-state index in [4.69, 9.17) is 0 Å². The van der Waals surface area contributed by atoms with Crippen LogP contribution in [0.1, 0.15) is 34.1 Å². The van der Waals surface area contributed by atoms with Gasteiger partial charge in [0, 0.05) is 19.1 Å². The van der Waals surface area contributed by atoms with Gasteiger partial charge in [0.2, 0.25) is 0 Å². The predicted molar refractivity (Wildman–Crippen MR) is 68.5 cm³/mol. The summed E-state index contributed by atoms with van der Waals surface area (Å²) in [6, 6.07) is 0.621. The molecule has 0 saturated carbocycles. The standard InChI is InChI=1S/C13H28N2O/c1-10-6-11(2)12(3)15(7-10)8-13(4,9-16)14-5/h10-12,14,16H,6-9H2,1-5H3. The summed E-state index contributed by atoms with van der Waals surface area (Å²) in [7, 11) is 1.93. The average Bonchev–Trinajstić information content (AvgIpc) is 2.25. The summed E-state index contributed by atoms with van der Waals surface area (Å²) in [4.78, 5) is 2.52. The first-order valence-electron chi connectivity index (χ1n) is 6.45. The molecule has 3 heteroatoms.